The Labute approximate surface area is 222 Å². The molecule has 1 aliphatic carbocycles. The van der Waals surface area contributed by atoms with Crippen molar-refractivity contribution in [2.24, 2.45) is 0 Å². The number of nitrogens with one attached hydrogen (secondary N) is 2. The number of H-pyrrole nitrogens is 1. The number of benzene rings is 2. The number of halogens is 1. The number of ether oxygens (including phenoxy) is 1. The molecule has 2 fully saturated rings. The minimum absolute atomic E-state index is 0.512. The van der Waals surface area contributed by atoms with Crippen molar-refractivity contribution in [3.8, 4) is 17.0 Å². The maximum absolute atomic E-state index is 6.58. The van der Waals surface area contributed by atoms with Gasteiger partial charge in [0.2, 0.25) is 5.95 Å². The van der Waals surface area contributed by atoms with Gasteiger partial charge in [-0.15, -0.1) is 0 Å². The molecule has 0 atom stereocenters. The second kappa shape index (κ2) is 9.88. The number of fused-ring (bicyclic) bond motifs is 1. The first-order chi connectivity index (χ1) is 18.0. The van der Waals surface area contributed by atoms with E-state index in [1.807, 2.05) is 24.4 Å². The van der Waals surface area contributed by atoms with Crippen molar-refractivity contribution in [2.75, 3.05) is 44.5 Å². The monoisotopic (exact) mass is 516 g/mol. The van der Waals surface area contributed by atoms with Crippen molar-refractivity contribution in [3.05, 3.63) is 59.4 Å². The predicted octanol–water partition coefficient (Wildman–Crippen LogP) is 6.44. The van der Waals surface area contributed by atoms with Gasteiger partial charge >= 0.3 is 0 Å². The highest BCUT2D eigenvalue weighted by atomic mass is 35.5. The Morgan fingerprint density at radius 2 is 1.89 bits per heavy atom. The molecule has 2 N–H and O–H groups in total. The molecule has 3 heterocycles. The molecule has 0 unspecified atom stereocenters. The largest absolute Gasteiger partial charge is 0.497 e. The van der Waals surface area contributed by atoms with E-state index in [1.54, 1.807) is 13.3 Å². The van der Waals surface area contributed by atoms with Gasteiger partial charge in [0.1, 0.15) is 5.75 Å². The van der Waals surface area contributed by atoms with E-state index in [2.05, 4.69) is 57.4 Å². The second-order valence-corrected chi connectivity index (χ2v) is 10.8. The Bertz CT molecular complexity index is 1420. The maximum atomic E-state index is 6.58. The molecule has 192 valence electrons. The van der Waals surface area contributed by atoms with Crippen LogP contribution in [0.5, 0.6) is 5.75 Å². The van der Waals surface area contributed by atoms with Crippen LogP contribution in [-0.4, -0.2) is 60.2 Å². The quantitative estimate of drug-likeness (QED) is 0.294. The van der Waals surface area contributed by atoms with Gasteiger partial charge in [0, 0.05) is 59.2 Å². The summed E-state index contributed by atoms with van der Waals surface area (Å²) in [6.45, 7) is 2.15. The number of anilines is 3. The van der Waals surface area contributed by atoms with E-state index in [0.717, 1.165) is 41.0 Å². The summed E-state index contributed by atoms with van der Waals surface area (Å²) in [5, 5.41) is 5.03. The van der Waals surface area contributed by atoms with Gasteiger partial charge in [0.05, 0.1) is 24.0 Å². The highest BCUT2D eigenvalue weighted by molar-refractivity contribution is 6.33. The first-order valence-electron chi connectivity index (χ1n) is 13.0. The van der Waals surface area contributed by atoms with Gasteiger partial charge in [0.15, 0.2) is 0 Å². The van der Waals surface area contributed by atoms with Crippen LogP contribution in [0.25, 0.3) is 22.2 Å². The zero-order chi connectivity index (χ0) is 25.5. The van der Waals surface area contributed by atoms with Gasteiger partial charge in [-0.2, -0.15) is 0 Å². The van der Waals surface area contributed by atoms with Crippen LogP contribution in [0.1, 0.15) is 37.2 Å². The zero-order valence-corrected chi connectivity index (χ0v) is 22.3. The molecule has 37 heavy (non-hydrogen) atoms. The zero-order valence-electron chi connectivity index (χ0n) is 21.6. The summed E-state index contributed by atoms with van der Waals surface area (Å²) in [6.07, 6.45) is 8.50. The number of piperidine rings is 1. The lowest BCUT2D eigenvalue weighted by Gasteiger charge is -2.36. The summed E-state index contributed by atoms with van der Waals surface area (Å²) in [7, 11) is 6.03. The standard InChI is InChI=1S/C29H33ClN6O/c1-35(2)21-8-10-36(11-9-21)22-13-19(18-4-5-18)12-20(14-22)33-29-32-17-26(30)28(34-29)25-16-31-27-15-23(37-3)6-7-24(25)27/h6-7,12-18,21,31H,4-5,8-11H2,1-3H3,(H,32,33,34). The number of nitrogens with zero attached hydrogens (tertiary/aromatic N) is 4. The van der Waals surface area contributed by atoms with Crippen LogP contribution >= 0.6 is 11.6 Å². The number of methoxy groups -OCH3 is 1. The van der Waals surface area contributed by atoms with Crippen LogP contribution < -0.4 is 15.0 Å². The normalized spacial score (nSPS) is 16.5. The molecule has 7 nitrogen and oxygen atoms in total. The van der Waals surface area contributed by atoms with E-state index >= 15 is 0 Å². The minimum Gasteiger partial charge on any atom is -0.497 e. The van der Waals surface area contributed by atoms with E-state index in [0.29, 0.717) is 28.6 Å². The molecule has 2 aromatic heterocycles. The van der Waals surface area contributed by atoms with Gasteiger partial charge in [-0.25, -0.2) is 9.97 Å². The summed E-state index contributed by atoms with van der Waals surface area (Å²) in [4.78, 5) is 17.5. The lowest BCUT2D eigenvalue weighted by molar-refractivity contribution is 0.249. The first kappa shape index (κ1) is 24.1. The number of hydrogen-bond donors (Lipinski definition) is 2. The fraction of sp³-hybridized carbons (Fsp3) is 0.379. The fourth-order valence-electron chi connectivity index (χ4n) is 5.36. The van der Waals surface area contributed by atoms with Crippen LogP contribution in [0.2, 0.25) is 5.02 Å². The molecular formula is C29H33ClN6O. The molecule has 0 amide bonds. The molecule has 1 saturated carbocycles. The van der Waals surface area contributed by atoms with Crippen molar-refractivity contribution in [3.63, 3.8) is 0 Å². The van der Waals surface area contributed by atoms with Crippen molar-refractivity contribution < 1.29 is 4.74 Å². The summed E-state index contributed by atoms with van der Waals surface area (Å²) in [5.74, 6) is 1.99. The lowest BCUT2D eigenvalue weighted by Crippen LogP contribution is -2.42. The third kappa shape index (κ3) is 4.98. The van der Waals surface area contributed by atoms with E-state index in [-0.39, 0.29) is 0 Å². The van der Waals surface area contributed by atoms with E-state index in [4.69, 9.17) is 21.3 Å². The summed E-state index contributed by atoms with van der Waals surface area (Å²) in [5.41, 5.74) is 6.30. The summed E-state index contributed by atoms with van der Waals surface area (Å²) >= 11 is 6.58. The maximum Gasteiger partial charge on any atom is 0.227 e. The average molecular weight is 517 g/mol. The van der Waals surface area contributed by atoms with E-state index < -0.39 is 0 Å². The minimum atomic E-state index is 0.512. The van der Waals surface area contributed by atoms with Crippen molar-refractivity contribution in [1.29, 1.82) is 0 Å². The van der Waals surface area contributed by atoms with Gasteiger partial charge in [-0.05, 0) is 81.6 Å². The van der Waals surface area contributed by atoms with Crippen molar-refractivity contribution in [2.45, 2.75) is 37.6 Å². The number of rotatable bonds is 7. The highest BCUT2D eigenvalue weighted by Crippen LogP contribution is 2.43. The Morgan fingerprint density at radius 3 is 2.62 bits per heavy atom. The van der Waals surface area contributed by atoms with Crippen LogP contribution in [0.15, 0.2) is 48.8 Å². The van der Waals surface area contributed by atoms with Crippen LogP contribution in [-0.2, 0) is 0 Å². The number of aromatic nitrogens is 3. The predicted molar refractivity (Wildman–Crippen MR) is 152 cm³/mol. The summed E-state index contributed by atoms with van der Waals surface area (Å²) < 4.78 is 5.36. The van der Waals surface area contributed by atoms with E-state index in [9.17, 15) is 0 Å². The molecule has 1 aliphatic heterocycles. The molecule has 0 bridgehead atoms. The van der Waals surface area contributed by atoms with Crippen molar-refractivity contribution in [1.82, 2.24) is 19.9 Å². The fourth-order valence-corrected chi connectivity index (χ4v) is 5.55. The molecule has 2 aromatic carbocycles. The van der Waals surface area contributed by atoms with Gasteiger partial charge in [-0.1, -0.05) is 11.6 Å². The Hall–Kier alpha value is -3.29. The topological polar surface area (TPSA) is 69.3 Å². The lowest BCUT2D eigenvalue weighted by atomic mass is 10.0. The Balaban J connectivity index is 1.29. The third-order valence-corrected chi connectivity index (χ3v) is 7.97. The average Bonchev–Trinajstić information content (AvgIpc) is 3.69. The van der Waals surface area contributed by atoms with Gasteiger partial charge < -0.3 is 24.8 Å². The summed E-state index contributed by atoms with van der Waals surface area (Å²) in [6, 6.07) is 13.5. The molecular weight excluding hydrogens is 484 g/mol. The smallest absolute Gasteiger partial charge is 0.227 e. The van der Waals surface area contributed by atoms with Gasteiger partial charge in [-0.3, -0.25) is 0 Å². The van der Waals surface area contributed by atoms with Crippen molar-refractivity contribution >= 4 is 39.8 Å². The molecule has 1 saturated heterocycles. The molecule has 0 radical (unpaired) electrons. The molecule has 8 heteroatoms. The van der Waals surface area contributed by atoms with Crippen LogP contribution in [0.4, 0.5) is 17.3 Å². The number of aromatic amines is 1. The van der Waals surface area contributed by atoms with E-state index in [1.165, 1.54) is 36.9 Å². The second-order valence-electron chi connectivity index (χ2n) is 10.4. The third-order valence-electron chi connectivity index (χ3n) is 7.69. The molecule has 2 aliphatic rings. The Morgan fingerprint density at radius 1 is 1.08 bits per heavy atom. The van der Waals surface area contributed by atoms with Crippen LogP contribution in [0, 0.1) is 0 Å². The molecule has 0 spiro atoms. The first-order valence-corrected chi connectivity index (χ1v) is 13.4. The van der Waals surface area contributed by atoms with Gasteiger partial charge in [0.25, 0.3) is 0 Å². The molecule has 6 rings (SSSR count). The highest BCUT2D eigenvalue weighted by Gasteiger charge is 2.26. The Kier molecular flexibility index (Phi) is 6.42. The number of hydrogen-bond acceptors (Lipinski definition) is 6. The SMILES string of the molecule is COc1ccc2c(-c3nc(Nc4cc(C5CC5)cc(N5CCC(N(C)C)CC5)c4)ncc3Cl)c[nH]c2c1. The molecule has 4 aromatic rings. The van der Waals surface area contributed by atoms with Crippen LogP contribution in [0.3, 0.4) is 0 Å².